The zero-order valence-electron chi connectivity index (χ0n) is 15.7. The summed E-state index contributed by atoms with van der Waals surface area (Å²) in [4.78, 5) is 1.96. The molecule has 4 nitrogen and oxygen atoms in total. The molecule has 6 heteroatoms. The molecule has 0 aromatic heterocycles. The molecule has 2 aromatic rings. The van der Waals surface area contributed by atoms with E-state index in [2.05, 4.69) is 13.8 Å². The molecule has 0 aliphatic carbocycles. The smallest absolute Gasteiger partial charge is 0.264 e. The number of anilines is 1. The van der Waals surface area contributed by atoms with Gasteiger partial charge >= 0.3 is 0 Å². The molecule has 0 heterocycles. The third-order valence-electron chi connectivity index (χ3n) is 4.19. The molecule has 2 rings (SSSR count). The van der Waals surface area contributed by atoms with Crippen LogP contribution in [0, 0.1) is 5.92 Å². The Morgan fingerprint density at radius 1 is 1.08 bits per heavy atom. The van der Waals surface area contributed by atoms with E-state index in [0.29, 0.717) is 28.4 Å². The van der Waals surface area contributed by atoms with Crippen LogP contribution in [0.1, 0.15) is 31.7 Å². The van der Waals surface area contributed by atoms with Gasteiger partial charge in [0.15, 0.2) is 5.85 Å². The summed E-state index contributed by atoms with van der Waals surface area (Å²) in [6, 6.07) is 14.0. The van der Waals surface area contributed by atoms with Crippen LogP contribution < -0.4 is 10.2 Å². The van der Waals surface area contributed by atoms with Crippen molar-refractivity contribution in [1.82, 2.24) is 0 Å². The van der Waals surface area contributed by atoms with Gasteiger partial charge < -0.3 is 14.5 Å². The van der Waals surface area contributed by atoms with Crippen molar-refractivity contribution in [2.45, 2.75) is 26.1 Å². The van der Waals surface area contributed by atoms with Crippen LogP contribution in [0.2, 0.25) is 5.02 Å². The maximum Gasteiger partial charge on any atom is 0.264 e. The summed E-state index contributed by atoms with van der Waals surface area (Å²) in [6.45, 7) is 4.49. The first-order chi connectivity index (χ1) is 12.2. The van der Waals surface area contributed by atoms with E-state index in [9.17, 15) is 9.67 Å². The van der Waals surface area contributed by atoms with Gasteiger partial charge in [-0.2, -0.15) is 0 Å². The van der Waals surface area contributed by atoms with Crippen LogP contribution in [0.15, 0.2) is 48.5 Å². The van der Waals surface area contributed by atoms with Gasteiger partial charge in [0.2, 0.25) is 0 Å². The number of halogens is 1. The first-order valence-corrected chi connectivity index (χ1v) is 10.8. The van der Waals surface area contributed by atoms with E-state index in [0.717, 1.165) is 12.1 Å². The van der Waals surface area contributed by atoms with Gasteiger partial charge in [0, 0.05) is 30.1 Å². The Bertz CT molecular complexity index is 745. The lowest BCUT2D eigenvalue weighted by Gasteiger charge is -2.25. The average molecular weight is 396 g/mol. The largest absolute Gasteiger partial charge is 0.378 e. The molecule has 0 unspecified atom stereocenters. The van der Waals surface area contributed by atoms with Crippen LogP contribution >= 0.6 is 19.0 Å². The van der Waals surface area contributed by atoms with Crippen LogP contribution in [0.25, 0.3) is 0 Å². The van der Waals surface area contributed by atoms with E-state index in [-0.39, 0.29) is 0 Å². The summed E-state index contributed by atoms with van der Waals surface area (Å²) in [5.41, 5.74) is 1.52. The molecule has 0 amide bonds. The van der Waals surface area contributed by atoms with Gasteiger partial charge in [0.05, 0.1) is 6.61 Å². The predicted molar refractivity (Wildman–Crippen MR) is 110 cm³/mol. The molecule has 2 aromatic carbocycles. The number of benzene rings is 2. The van der Waals surface area contributed by atoms with Crippen LogP contribution in [-0.2, 0) is 9.09 Å². The van der Waals surface area contributed by atoms with Crippen LogP contribution in [0.4, 0.5) is 5.69 Å². The van der Waals surface area contributed by atoms with Crippen molar-refractivity contribution in [3.63, 3.8) is 0 Å². The summed E-state index contributed by atoms with van der Waals surface area (Å²) in [7, 11) is 0.369. The molecule has 0 aliphatic heterocycles. The van der Waals surface area contributed by atoms with Crippen molar-refractivity contribution in [2.24, 2.45) is 5.92 Å². The van der Waals surface area contributed by atoms with Gasteiger partial charge in [0.1, 0.15) is 0 Å². The summed E-state index contributed by atoms with van der Waals surface area (Å²) in [5.74, 6) is -0.815. The molecular weight excluding hydrogens is 369 g/mol. The predicted octanol–water partition coefficient (Wildman–Crippen LogP) is 5.06. The summed E-state index contributed by atoms with van der Waals surface area (Å²) in [6.07, 6.45) is 0.771. The maximum atomic E-state index is 13.7. The van der Waals surface area contributed by atoms with Crippen molar-refractivity contribution in [1.29, 1.82) is 0 Å². The van der Waals surface area contributed by atoms with Crippen LogP contribution in [-0.4, -0.2) is 25.8 Å². The van der Waals surface area contributed by atoms with Crippen molar-refractivity contribution < 1.29 is 14.2 Å². The minimum Gasteiger partial charge on any atom is -0.378 e. The lowest BCUT2D eigenvalue weighted by Crippen LogP contribution is -2.16. The number of rotatable bonds is 8. The number of aliphatic hydroxyl groups excluding tert-OH is 1. The second kappa shape index (κ2) is 9.05. The lowest BCUT2D eigenvalue weighted by atomic mass is 10.2. The van der Waals surface area contributed by atoms with Gasteiger partial charge in [-0.05, 0) is 54.3 Å². The third-order valence-corrected chi connectivity index (χ3v) is 6.97. The molecule has 0 spiro atoms. The molecule has 0 radical (unpaired) electrons. The normalized spacial score (nSPS) is 14.9. The fourth-order valence-corrected chi connectivity index (χ4v) is 4.70. The highest BCUT2D eigenvalue weighted by Gasteiger charge is 2.36. The van der Waals surface area contributed by atoms with Gasteiger partial charge in [-0.3, -0.25) is 4.57 Å². The third kappa shape index (κ3) is 5.11. The zero-order valence-corrected chi connectivity index (χ0v) is 17.4. The Kier molecular flexibility index (Phi) is 7.31. The van der Waals surface area contributed by atoms with E-state index in [4.69, 9.17) is 16.1 Å². The van der Waals surface area contributed by atoms with Gasteiger partial charge in [-0.1, -0.05) is 37.6 Å². The summed E-state index contributed by atoms with van der Waals surface area (Å²) >= 11 is 5.93. The average Bonchev–Trinajstić information content (AvgIpc) is 2.61. The second-order valence-electron chi connectivity index (χ2n) is 6.95. The molecule has 2 atom stereocenters. The van der Waals surface area contributed by atoms with Gasteiger partial charge in [-0.15, -0.1) is 0 Å². The summed E-state index contributed by atoms with van der Waals surface area (Å²) in [5, 5.41) is 12.0. The van der Waals surface area contributed by atoms with Crippen LogP contribution in [0.3, 0.4) is 0 Å². The molecule has 0 saturated carbocycles. The Morgan fingerprint density at radius 2 is 1.65 bits per heavy atom. The molecule has 142 valence electrons. The van der Waals surface area contributed by atoms with Gasteiger partial charge in [0.25, 0.3) is 7.37 Å². The molecule has 0 fully saturated rings. The van der Waals surface area contributed by atoms with E-state index in [1.54, 1.807) is 36.4 Å². The molecule has 0 aliphatic rings. The maximum absolute atomic E-state index is 13.7. The zero-order chi connectivity index (χ0) is 19.3. The highest BCUT2D eigenvalue weighted by molar-refractivity contribution is 7.67. The van der Waals surface area contributed by atoms with Crippen molar-refractivity contribution in [3.8, 4) is 0 Å². The Hall–Kier alpha value is -1.32. The molecule has 1 N–H and O–H groups in total. The van der Waals surface area contributed by atoms with E-state index in [1.165, 1.54) is 0 Å². The Morgan fingerprint density at radius 3 is 2.15 bits per heavy atom. The Balaban J connectivity index is 2.37. The van der Waals surface area contributed by atoms with E-state index < -0.39 is 13.2 Å². The monoisotopic (exact) mass is 395 g/mol. The number of hydrogen-bond donors (Lipinski definition) is 1. The highest BCUT2D eigenvalue weighted by Crippen LogP contribution is 2.57. The van der Waals surface area contributed by atoms with E-state index >= 15 is 0 Å². The first-order valence-electron chi connectivity index (χ1n) is 8.70. The fourth-order valence-electron chi connectivity index (χ4n) is 2.50. The standard InChI is InChI=1S/C20H27ClNO3P/c1-15(2)13-14-25-26(24,19-11-9-18(10-12-19)22(3)4)20(23)16-5-7-17(21)8-6-16/h5-12,15,20,23H,13-14H2,1-4H3/t20-,26-/m0/s1. The van der Waals surface area contributed by atoms with Crippen molar-refractivity contribution >= 4 is 30.0 Å². The molecule has 0 saturated heterocycles. The fraction of sp³-hybridized carbons (Fsp3) is 0.400. The summed E-state index contributed by atoms with van der Waals surface area (Å²) < 4.78 is 19.6. The number of nitrogens with zero attached hydrogens (tertiary/aromatic N) is 1. The molecule has 0 bridgehead atoms. The Labute approximate surface area is 161 Å². The molecule has 26 heavy (non-hydrogen) atoms. The van der Waals surface area contributed by atoms with Crippen molar-refractivity contribution in [2.75, 3.05) is 25.6 Å². The first kappa shape index (κ1) is 21.0. The lowest BCUT2D eigenvalue weighted by molar-refractivity contribution is 0.209. The van der Waals surface area contributed by atoms with Gasteiger partial charge in [-0.25, -0.2) is 0 Å². The van der Waals surface area contributed by atoms with Crippen LogP contribution in [0.5, 0.6) is 0 Å². The number of hydrogen-bond acceptors (Lipinski definition) is 4. The SMILES string of the molecule is CC(C)CCO[P@@](=O)(c1ccc(N(C)C)cc1)[C@H](O)c1ccc(Cl)cc1. The van der Waals surface area contributed by atoms with E-state index in [1.807, 2.05) is 31.1 Å². The highest BCUT2D eigenvalue weighted by atomic mass is 35.5. The quantitative estimate of drug-likeness (QED) is 0.634. The van der Waals surface area contributed by atoms with Crippen molar-refractivity contribution in [3.05, 3.63) is 59.1 Å². The topological polar surface area (TPSA) is 49.8 Å². The minimum atomic E-state index is -3.51. The molecular formula is C20H27ClNO3P. The number of aliphatic hydroxyl groups is 1. The second-order valence-corrected chi connectivity index (χ2v) is 9.84. The minimum absolute atomic E-state index is 0.328.